The number of aromatic nitrogens is 2. The molecule has 2 N–H and O–H groups in total. The molecule has 1 fully saturated rings. The molecule has 1 unspecified atom stereocenters. The van der Waals surface area contributed by atoms with E-state index in [0.717, 1.165) is 50.6 Å². The summed E-state index contributed by atoms with van der Waals surface area (Å²) in [7, 11) is 1.95. The Bertz CT molecular complexity index is 307. The highest BCUT2D eigenvalue weighted by atomic mass is 16.5. The van der Waals surface area contributed by atoms with E-state index in [1.54, 1.807) is 0 Å². The highest BCUT2D eigenvalue weighted by Crippen LogP contribution is 2.13. The van der Waals surface area contributed by atoms with Gasteiger partial charge in [0, 0.05) is 12.8 Å². The summed E-state index contributed by atoms with van der Waals surface area (Å²) in [5, 5.41) is 10.4. The topological polar surface area (TPSA) is 63.0 Å². The summed E-state index contributed by atoms with van der Waals surface area (Å²) in [5.41, 5.74) is 0. The fourth-order valence-electron chi connectivity index (χ4n) is 2.03. The van der Waals surface area contributed by atoms with Crippen LogP contribution in [0.3, 0.4) is 0 Å². The molecule has 0 bridgehead atoms. The number of hydrogen-bond donors (Lipinski definition) is 2. The van der Waals surface area contributed by atoms with Crippen molar-refractivity contribution in [2.45, 2.75) is 25.7 Å². The van der Waals surface area contributed by atoms with E-state index in [9.17, 15) is 0 Å². The second-order valence-corrected chi connectivity index (χ2v) is 4.37. The minimum Gasteiger partial charge on any atom is -0.339 e. The third-order valence-electron chi connectivity index (χ3n) is 2.96. The maximum Gasteiger partial charge on any atom is 0.226 e. The average molecular weight is 224 g/mol. The summed E-state index contributed by atoms with van der Waals surface area (Å²) in [5.74, 6) is 2.31. The molecule has 1 aliphatic heterocycles. The number of aryl methyl sites for hydroxylation is 1. The van der Waals surface area contributed by atoms with Crippen LogP contribution in [0.15, 0.2) is 4.52 Å². The quantitative estimate of drug-likeness (QED) is 0.684. The Hall–Kier alpha value is -0.940. The molecule has 1 atom stereocenters. The summed E-state index contributed by atoms with van der Waals surface area (Å²) in [4.78, 5) is 4.41. The lowest BCUT2D eigenvalue weighted by Gasteiger charge is -2.01. The number of nitrogens with zero attached hydrogens (tertiary/aromatic N) is 2. The van der Waals surface area contributed by atoms with Crippen LogP contribution in [-0.4, -0.2) is 36.8 Å². The Morgan fingerprint density at radius 2 is 2.50 bits per heavy atom. The summed E-state index contributed by atoms with van der Waals surface area (Å²) >= 11 is 0. The SMILES string of the molecule is CNCCCc1noc(CC2CCNC2)n1. The van der Waals surface area contributed by atoms with Crippen LogP contribution in [0.4, 0.5) is 0 Å². The van der Waals surface area contributed by atoms with Crippen molar-refractivity contribution in [1.29, 1.82) is 0 Å². The monoisotopic (exact) mass is 224 g/mol. The Morgan fingerprint density at radius 1 is 1.56 bits per heavy atom. The lowest BCUT2D eigenvalue weighted by molar-refractivity contribution is 0.353. The van der Waals surface area contributed by atoms with Crippen molar-refractivity contribution in [2.24, 2.45) is 5.92 Å². The van der Waals surface area contributed by atoms with Gasteiger partial charge in [-0.15, -0.1) is 0 Å². The molecule has 0 amide bonds. The molecule has 1 aromatic rings. The van der Waals surface area contributed by atoms with E-state index in [2.05, 4.69) is 20.8 Å². The molecule has 1 saturated heterocycles. The predicted octanol–water partition coefficient (Wildman–Crippen LogP) is 0.374. The van der Waals surface area contributed by atoms with Crippen molar-refractivity contribution in [2.75, 3.05) is 26.7 Å². The summed E-state index contributed by atoms with van der Waals surface area (Å²) < 4.78 is 5.25. The second kappa shape index (κ2) is 5.96. The molecule has 0 radical (unpaired) electrons. The van der Waals surface area contributed by atoms with E-state index < -0.39 is 0 Å². The normalized spacial score (nSPS) is 20.4. The van der Waals surface area contributed by atoms with Gasteiger partial charge in [0.1, 0.15) is 0 Å². The lowest BCUT2D eigenvalue weighted by atomic mass is 10.1. The maximum absolute atomic E-state index is 5.25. The van der Waals surface area contributed by atoms with E-state index in [1.807, 2.05) is 7.05 Å². The fraction of sp³-hybridized carbons (Fsp3) is 0.818. The molecule has 0 aliphatic carbocycles. The van der Waals surface area contributed by atoms with Crippen molar-refractivity contribution in [3.05, 3.63) is 11.7 Å². The van der Waals surface area contributed by atoms with Gasteiger partial charge in [0.15, 0.2) is 5.82 Å². The average Bonchev–Trinajstić information content (AvgIpc) is 2.91. The van der Waals surface area contributed by atoms with Crippen LogP contribution in [-0.2, 0) is 12.8 Å². The van der Waals surface area contributed by atoms with Crippen molar-refractivity contribution in [3.8, 4) is 0 Å². The van der Waals surface area contributed by atoms with Gasteiger partial charge in [-0.25, -0.2) is 0 Å². The minimum atomic E-state index is 0.672. The first kappa shape index (κ1) is 11.5. The molecule has 90 valence electrons. The molecule has 16 heavy (non-hydrogen) atoms. The lowest BCUT2D eigenvalue weighted by Crippen LogP contribution is -2.11. The first-order valence-corrected chi connectivity index (χ1v) is 6.05. The van der Waals surface area contributed by atoms with Crippen LogP contribution in [0.1, 0.15) is 24.6 Å². The van der Waals surface area contributed by atoms with Crippen LogP contribution in [0.5, 0.6) is 0 Å². The molecule has 5 heteroatoms. The van der Waals surface area contributed by atoms with Crippen molar-refractivity contribution < 1.29 is 4.52 Å². The van der Waals surface area contributed by atoms with E-state index in [1.165, 1.54) is 6.42 Å². The Balaban J connectivity index is 1.77. The molecular formula is C11H20N4O. The van der Waals surface area contributed by atoms with Crippen LogP contribution in [0.25, 0.3) is 0 Å². The molecule has 5 nitrogen and oxygen atoms in total. The number of nitrogens with one attached hydrogen (secondary N) is 2. The summed E-state index contributed by atoms with van der Waals surface area (Å²) in [6.45, 7) is 3.20. The maximum atomic E-state index is 5.25. The molecule has 2 heterocycles. The van der Waals surface area contributed by atoms with E-state index in [4.69, 9.17) is 4.52 Å². The molecule has 0 spiro atoms. The molecular weight excluding hydrogens is 204 g/mol. The largest absolute Gasteiger partial charge is 0.339 e. The van der Waals surface area contributed by atoms with Crippen LogP contribution in [0.2, 0.25) is 0 Å². The van der Waals surface area contributed by atoms with Gasteiger partial charge in [-0.3, -0.25) is 0 Å². The smallest absolute Gasteiger partial charge is 0.226 e. The summed E-state index contributed by atoms with van der Waals surface area (Å²) in [6, 6.07) is 0. The van der Waals surface area contributed by atoms with Crippen LogP contribution >= 0.6 is 0 Å². The van der Waals surface area contributed by atoms with Gasteiger partial charge < -0.3 is 15.2 Å². The number of rotatable bonds is 6. The van der Waals surface area contributed by atoms with Gasteiger partial charge in [-0.2, -0.15) is 4.98 Å². The van der Waals surface area contributed by atoms with Crippen LogP contribution < -0.4 is 10.6 Å². The number of hydrogen-bond acceptors (Lipinski definition) is 5. The highest BCUT2D eigenvalue weighted by Gasteiger charge is 2.18. The van der Waals surface area contributed by atoms with Crippen molar-refractivity contribution in [1.82, 2.24) is 20.8 Å². The van der Waals surface area contributed by atoms with E-state index >= 15 is 0 Å². The Labute approximate surface area is 96.0 Å². The van der Waals surface area contributed by atoms with Crippen molar-refractivity contribution in [3.63, 3.8) is 0 Å². The Morgan fingerprint density at radius 3 is 3.25 bits per heavy atom. The third-order valence-corrected chi connectivity index (χ3v) is 2.96. The molecule has 0 saturated carbocycles. The van der Waals surface area contributed by atoms with Gasteiger partial charge in [-0.1, -0.05) is 5.16 Å². The fourth-order valence-corrected chi connectivity index (χ4v) is 2.03. The molecule has 0 aromatic carbocycles. The van der Waals surface area contributed by atoms with E-state index in [0.29, 0.717) is 5.92 Å². The second-order valence-electron chi connectivity index (χ2n) is 4.37. The van der Waals surface area contributed by atoms with Gasteiger partial charge in [0.05, 0.1) is 0 Å². The summed E-state index contributed by atoms with van der Waals surface area (Å²) in [6.07, 6.45) is 4.09. The van der Waals surface area contributed by atoms with Gasteiger partial charge in [0.2, 0.25) is 5.89 Å². The molecule has 1 aliphatic rings. The van der Waals surface area contributed by atoms with Crippen LogP contribution in [0, 0.1) is 5.92 Å². The minimum absolute atomic E-state index is 0.672. The Kier molecular flexibility index (Phi) is 4.30. The van der Waals surface area contributed by atoms with Crippen molar-refractivity contribution >= 4 is 0 Å². The first-order chi connectivity index (χ1) is 7.88. The first-order valence-electron chi connectivity index (χ1n) is 6.05. The zero-order valence-electron chi connectivity index (χ0n) is 9.83. The highest BCUT2D eigenvalue weighted by molar-refractivity contribution is 4.90. The third kappa shape index (κ3) is 3.28. The molecule has 1 aromatic heterocycles. The van der Waals surface area contributed by atoms with Gasteiger partial charge >= 0.3 is 0 Å². The zero-order chi connectivity index (χ0) is 11.2. The van der Waals surface area contributed by atoms with Gasteiger partial charge in [-0.05, 0) is 45.4 Å². The zero-order valence-corrected chi connectivity index (χ0v) is 9.83. The molecule has 2 rings (SSSR count). The standard InChI is InChI=1S/C11H20N4O/c1-12-5-2-3-10-14-11(16-15-10)7-9-4-6-13-8-9/h9,12-13H,2-8H2,1H3. The van der Waals surface area contributed by atoms with E-state index in [-0.39, 0.29) is 0 Å². The predicted molar refractivity (Wildman–Crippen MR) is 61.2 cm³/mol. The van der Waals surface area contributed by atoms with Gasteiger partial charge in [0.25, 0.3) is 0 Å².